The van der Waals surface area contributed by atoms with E-state index in [-0.39, 0.29) is 11.9 Å². The fourth-order valence-corrected chi connectivity index (χ4v) is 2.34. The van der Waals surface area contributed by atoms with E-state index in [0.29, 0.717) is 5.56 Å². The van der Waals surface area contributed by atoms with Gasteiger partial charge in [-0.25, -0.2) is 4.39 Å². The normalized spacial score (nSPS) is 12.2. The Bertz CT molecular complexity index is 596. The molecular weight excluding hydrogens is 265 g/mol. The Labute approximate surface area is 125 Å². The second-order valence-corrected chi connectivity index (χ2v) is 5.48. The molecule has 0 radical (unpaired) electrons. The van der Waals surface area contributed by atoms with Crippen molar-refractivity contribution in [2.75, 3.05) is 18.5 Å². The second-order valence-electron chi connectivity index (χ2n) is 5.48. The lowest BCUT2D eigenvalue weighted by Crippen LogP contribution is -2.23. The van der Waals surface area contributed by atoms with Gasteiger partial charge in [-0.15, -0.1) is 0 Å². The molecule has 4 heteroatoms. The van der Waals surface area contributed by atoms with Crippen LogP contribution >= 0.6 is 0 Å². The van der Waals surface area contributed by atoms with Crippen LogP contribution in [0.2, 0.25) is 0 Å². The molecule has 1 unspecified atom stereocenters. The molecule has 3 nitrogen and oxygen atoms in total. The monoisotopic (exact) mass is 287 g/mol. The number of likely N-dealkylation sites (N-methyl/N-ethyl adjacent to an activating group) is 1. The molecule has 21 heavy (non-hydrogen) atoms. The molecule has 112 valence electrons. The Hall–Kier alpha value is -1.94. The molecule has 0 amide bonds. The molecule has 1 atom stereocenters. The summed E-state index contributed by atoms with van der Waals surface area (Å²) in [6.07, 6.45) is 4.50. The summed E-state index contributed by atoms with van der Waals surface area (Å²) in [6.45, 7) is 4.50. The van der Waals surface area contributed by atoms with E-state index in [9.17, 15) is 4.39 Å². The maximum absolute atomic E-state index is 13.8. The Morgan fingerprint density at radius 2 is 1.95 bits per heavy atom. The summed E-state index contributed by atoms with van der Waals surface area (Å²) >= 11 is 0. The molecule has 2 aromatic rings. The third-order valence-electron chi connectivity index (χ3n) is 3.69. The van der Waals surface area contributed by atoms with Gasteiger partial charge in [0.05, 0.1) is 0 Å². The molecule has 0 saturated heterocycles. The van der Waals surface area contributed by atoms with E-state index in [1.807, 2.05) is 32.2 Å². The van der Waals surface area contributed by atoms with Gasteiger partial charge in [0.2, 0.25) is 0 Å². The summed E-state index contributed by atoms with van der Waals surface area (Å²) in [5.74, 6) is -0.200. The van der Waals surface area contributed by atoms with Gasteiger partial charge in [0.1, 0.15) is 5.82 Å². The van der Waals surface area contributed by atoms with E-state index in [1.165, 1.54) is 5.56 Å². The summed E-state index contributed by atoms with van der Waals surface area (Å²) < 4.78 is 13.8. The molecular formula is C17H22FN3. The molecule has 0 spiro atoms. The molecule has 0 aliphatic carbocycles. The van der Waals surface area contributed by atoms with E-state index in [0.717, 1.165) is 24.2 Å². The van der Waals surface area contributed by atoms with Crippen molar-refractivity contribution in [2.24, 2.45) is 5.73 Å². The van der Waals surface area contributed by atoms with Crippen LogP contribution in [-0.2, 0) is 6.42 Å². The SMILES string of the molecule is Cc1cc(N(C)CCc2ccncc2)c(C(C)N)cc1F. The number of rotatable bonds is 5. The summed E-state index contributed by atoms with van der Waals surface area (Å²) in [6, 6.07) is 7.25. The number of nitrogens with two attached hydrogens (primary N) is 1. The summed E-state index contributed by atoms with van der Waals surface area (Å²) in [5, 5.41) is 0. The van der Waals surface area contributed by atoms with E-state index in [1.54, 1.807) is 25.4 Å². The van der Waals surface area contributed by atoms with Crippen molar-refractivity contribution < 1.29 is 4.39 Å². The predicted molar refractivity (Wildman–Crippen MR) is 85.0 cm³/mol. The topological polar surface area (TPSA) is 42.2 Å². The Balaban J connectivity index is 2.18. The standard InChI is InChI=1S/C17H22FN3/c1-12-10-17(15(13(2)19)11-16(12)18)21(3)9-6-14-4-7-20-8-5-14/h4-5,7-8,10-11,13H,6,9,19H2,1-3H3. The minimum atomic E-state index is -0.200. The molecule has 2 rings (SSSR count). The van der Waals surface area contributed by atoms with E-state index < -0.39 is 0 Å². The number of benzene rings is 1. The average molecular weight is 287 g/mol. The molecule has 0 aliphatic heterocycles. The average Bonchev–Trinajstić information content (AvgIpc) is 2.48. The molecule has 0 fully saturated rings. The highest BCUT2D eigenvalue weighted by atomic mass is 19.1. The van der Waals surface area contributed by atoms with E-state index >= 15 is 0 Å². The quantitative estimate of drug-likeness (QED) is 0.918. The van der Waals surface area contributed by atoms with Crippen LogP contribution < -0.4 is 10.6 Å². The Morgan fingerprint density at radius 3 is 2.57 bits per heavy atom. The van der Waals surface area contributed by atoms with Crippen molar-refractivity contribution in [1.82, 2.24) is 4.98 Å². The lowest BCUT2D eigenvalue weighted by molar-refractivity contribution is 0.612. The molecule has 1 aromatic heterocycles. The zero-order valence-electron chi connectivity index (χ0n) is 12.8. The minimum Gasteiger partial charge on any atom is -0.374 e. The van der Waals surface area contributed by atoms with Crippen LogP contribution in [0.4, 0.5) is 10.1 Å². The molecule has 0 saturated carbocycles. The highest BCUT2D eigenvalue weighted by Gasteiger charge is 2.14. The van der Waals surface area contributed by atoms with Gasteiger partial charge in [0.25, 0.3) is 0 Å². The Morgan fingerprint density at radius 1 is 1.29 bits per heavy atom. The molecule has 2 N–H and O–H groups in total. The van der Waals surface area contributed by atoms with Crippen molar-refractivity contribution in [2.45, 2.75) is 26.3 Å². The summed E-state index contributed by atoms with van der Waals surface area (Å²) in [4.78, 5) is 6.15. The number of hydrogen-bond acceptors (Lipinski definition) is 3. The van der Waals surface area contributed by atoms with Gasteiger partial charge in [-0.3, -0.25) is 4.98 Å². The van der Waals surface area contributed by atoms with E-state index in [4.69, 9.17) is 5.73 Å². The van der Waals surface area contributed by atoms with Crippen molar-refractivity contribution in [3.05, 3.63) is 59.2 Å². The largest absolute Gasteiger partial charge is 0.374 e. The van der Waals surface area contributed by atoms with Crippen LogP contribution in [0.5, 0.6) is 0 Å². The number of pyridine rings is 1. The Kier molecular flexibility index (Phi) is 4.91. The van der Waals surface area contributed by atoms with Crippen molar-refractivity contribution in [3.8, 4) is 0 Å². The zero-order valence-corrected chi connectivity index (χ0v) is 12.8. The van der Waals surface area contributed by atoms with Crippen molar-refractivity contribution in [1.29, 1.82) is 0 Å². The highest BCUT2D eigenvalue weighted by molar-refractivity contribution is 5.56. The molecule has 0 aliphatic rings. The number of aromatic nitrogens is 1. The minimum absolute atomic E-state index is 0.196. The third-order valence-corrected chi connectivity index (χ3v) is 3.69. The van der Waals surface area contributed by atoms with Gasteiger partial charge in [0, 0.05) is 37.7 Å². The van der Waals surface area contributed by atoms with Crippen LogP contribution in [0.1, 0.15) is 29.7 Å². The first-order valence-electron chi connectivity index (χ1n) is 7.14. The van der Waals surface area contributed by atoms with Gasteiger partial charge >= 0.3 is 0 Å². The number of aryl methyl sites for hydroxylation is 1. The first kappa shape index (κ1) is 15.4. The molecule has 1 heterocycles. The summed E-state index contributed by atoms with van der Waals surface area (Å²) in [5.41, 5.74) is 9.70. The van der Waals surface area contributed by atoms with Gasteiger partial charge in [-0.1, -0.05) is 0 Å². The molecule has 1 aromatic carbocycles. The van der Waals surface area contributed by atoms with Crippen LogP contribution in [0.3, 0.4) is 0 Å². The van der Waals surface area contributed by atoms with Gasteiger partial charge in [-0.05, 0) is 61.2 Å². The molecule has 0 bridgehead atoms. The van der Waals surface area contributed by atoms with Crippen LogP contribution in [0, 0.1) is 12.7 Å². The van der Waals surface area contributed by atoms with Gasteiger partial charge in [0.15, 0.2) is 0 Å². The third kappa shape index (κ3) is 3.79. The predicted octanol–water partition coefficient (Wildman–Crippen LogP) is 3.23. The fourth-order valence-electron chi connectivity index (χ4n) is 2.34. The fraction of sp³-hybridized carbons (Fsp3) is 0.353. The summed E-state index contributed by atoms with van der Waals surface area (Å²) in [7, 11) is 2.01. The number of halogens is 1. The van der Waals surface area contributed by atoms with Crippen molar-refractivity contribution >= 4 is 5.69 Å². The lowest BCUT2D eigenvalue weighted by atomic mass is 10.0. The van der Waals surface area contributed by atoms with Gasteiger partial charge in [-0.2, -0.15) is 0 Å². The van der Waals surface area contributed by atoms with E-state index in [2.05, 4.69) is 9.88 Å². The first-order chi connectivity index (χ1) is 9.99. The zero-order chi connectivity index (χ0) is 15.4. The second kappa shape index (κ2) is 6.68. The lowest BCUT2D eigenvalue weighted by Gasteiger charge is -2.25. The van der Waals surface area contributed by atoms with Crippen molar-refractivity contribution in [3.63, 3.8) is 0 Å². The number of hydrogen-bond donors (Lipinski definition) is 1. The van der Waals surface area contributed by atoms with Crippen LogP contribution in [0.25, 0.3) is 0 Å². The first-order valence-corrected chi connectivity index (χ1v) is 7.14. The van der Waals surface area contributed by atoms with Crippen LogP contribution in [-0.4, -0.2) is 18.6 Å². The number of anilines is 1. The maximum Gasteiger partial charge on any atom is 0.126 e. The highest BCUT2D eigenvalue weighted by Crippen LogP contribution is 2.27. The van der Waals surface area contributed by atoms with Gasteiger partial charge < -0.3 is 10.6 Å². The van der Waals surface area contributed by atoms with Crippen LogP contribution in [0.15, 0.2) is 36.7 Å². The maximum atomic E-state index is 13.8. The smallest absolute Gasteiger partial charge is 0.126 e. The number of nitrogens with zero attached hydrogens (tertiary/aromatic N) is 2.